The largest absolute Gasteiger partial charge is 0.387 e. The number of hydrogen-bond donors (Lipinski definition) is 4. The molecule has 1 heterocycles. The van der Waals surface area contributed by atoms with Crippen molar-refractivity contribution in [1.82, 2.24) is 15.5 Å². The van der Waals surface area contributed by atoms with Crippen LogP contribution < -0.4 is 10.6 Å². The first-order chi connectivity index (χ1) is 13.7. The van der Waals surface area contributed by atoms with Gasteiger partial charge < -0.3 is 15.7 Å². The molecular formula is C22H26N4O2. The number of nitrogens with one attached hydrogen (secondary N) is 3. The minimum absolute atomic E-state index is 0.148. The van der Waals surface area contributed by atoms with Gasteiger partial charge in [0, 0.05) is 18.2 Å². The molecule has 0 radical (unpaired) electrons. The number of aromatic nitrogens is 2. The number of aromatic amines is 1. The van der Waals surface area contributed by atoms with E-state index in [4.69, 9.17) is 0 Å². The Hall–Kier alpha value is -2.96. The monoisotopic (exact) mass is 378 g/mol. The molecule has 2 aromatic carbocycles. The maximum Gasteiger partial charge on any atom is 0.242 e. The molecule has 3 rings (SSSR count). The molecule has 1 aromatic heterocycles. The molecule has 0 saturated carbocycles. The molecule has 1 amide bonds. The van der Waals surface area contributed by atoms with E-state index in [1.165, 1.54) is 0 Å². The van der Waals surface area contributed by atoms with Gasteiger partial charge in [0.2, 0.25) is 5.91 Å². The number of anilines is 1. The van der Waals surface area contributed by atoms with Gasteiger partial charge in [-0.3, -0.25) is 9.89 Å². The molecule has 2 atom stereocenters. The number of carbonyl (C=O) groups excluding carboxylic acids is 1. The Bertz CT molecular complexity index is 865. The van der Waals surface area contributed by atoms with Crippen LogP contribution in [-0.2, 0) is 4.79 Å². The van der Waals surface area contributed by atoms with E-state index in [9.17, 15) is 9.90 Å². The molecule has 146 valence electrons. The van der Waals surface area contributed by atoms with E-state index in [2.05, 4.69) is 20.8 Å². The van der Waals surface area contributed by atoms with Crippen LogP contribution in [0, 0.1) is 0 Å². The number of aliphatic hydroxyl groups is 1. The van der Waals surface area contributed by atoms with Gasteiger partial charge in [-0.15, -0.1) is 0 Å². The van der Waals surface area contributed by atoms with E-state index in [0.717, 1.165) is 23.2 Å². The van der Waals surface area contributed by atoms with Gasteiger partial charge in [0.1, 0.15) is 5.82 Å². The topological polar surface area (TPSA) is 90.0 Å². The average molecular weight is 378 g/mol. The molecule has 3 aromatic rings. The number of rotatable bonds is 9. The first kappa shape index (κ1) is 19.8. The summed E-state index contributed by atoms with van der Waals surface area (Å²) in [6, 6.07) is 20.6. The predicted octanol–water partition coefficient (Wildman–Crippen LogP) is 3.51. The van der Waals surface area contributed by atoms with Crippen LogP contribution in [0.25, 0.3) is 11.3 Å². The van der Waals surface area contributed by atoms with Crippen molar-refractivity contribution in [1.29, 1.82) is 0 Å². The lowest BCUT2D eigenvalue weighted by Crippen LogP contribution is -2.42. The molecule has 0 bridgehead atoms. The van der Waals surface area contributed by atoms with Crippen LogP contribution in [0.2, 0.25) is 0 Å². The third-order valence-corrected chi connectivity index (χ3v) is 4.54. The normalized spacial score (nSPS) is 13.1. The third kappa shape index (κ3) is 5.28. The second-order valence-corrected chi connectivity index (χ2v) is 6.70. The highest BCUT2D eigenvalue weighted by Gasteiger charge is 2.20. The standard InChI is InChI=1S/C22H26N4O2/c1-2-9-18(23-15-20(27)17-12-7-4-8-13-17)22(28)24-21-14-19(25-26-21)16-10-5-3-6-11-16/h3-8,10-14,18,20,23,27H,2,9,15H2,1H3,(H2,24,25,26,28)/t18-,20?/m0/s1. The summed E-state index contributed by atoms with van der Waals surface area (Å²) in [6.45, 7) is 2.33. The summed E-state index contributed by atoms with van der Waals surface area (Å²) in [7, 11) is 0. The zero-order valence-corrected chi connectivity index (χ0v) is 15.9. The summed E-state index contributed by atoms with van der Waals surface area (Å²) in [5, 5.41) is 23.5. The van der Waals surface area contributed by atoms with Crippen LogP contribution in [0.1, 0.15) is 31.4 Å². The van der Waals surface area contributed by atoms with Crippen LogP contribution in [0.4, 0.5) is 5.82 Å². The molecule has 1 unspecified atom stereocenters. The number of amides is 1. The number of nitrogens with zero attached hydrogens (tertiary/aromatic N) is 1. The summed E-state index contributed by atoms with van der Waals surface area (Å²) in [5.74, 6) is 0.403. The second-order valence-electron chi connectivity index (χ2n) is 6.70. The van der Waals surface area contributed by atoms with Gasteiger partial charge in [0.25, 0.3) is 0 Å². The van der Waals surface area contributed by atoms with Gasteiger partial charge in [-0.05, 0) is 12.0 Å². The Morgan fingerprint density at radius 2 is 1.79 bits per heavy atom. The maximum absolute atomic E-state index is 12.7. The van der Waals surface area contributed by atoms with Crippen molar-refractivity contribution in [3.8, 4) is 11.3 Å². The van der Waals surface area contributed by atoms with Crippen LogP contribution in [0.5, 0.6) is 0 Å². The van der Waals surface area contributed by atoms with Crippen LogP contribution in [0.3, 0.4) is 0 Å². The van der Waals surface area contributed by atoms with Crippen molar-refractivity contribution >= 4 is 11.7 Å². The van der Waals surface area contributed by atoms with E-state index in [0.29, 0.717) is 18.8 Å². The Morgan fingerprint density at radius 3 is 2.46 bits per heavy atom. The van der Waals surface area contributed by atoms with Crippen LogP contribution in [-0.4, -0.2) is 33.8 Å². The second kappa shape index (κ2) is 9.82. The van der Waals surface area contributed by atoms with Gasteiger partial charge >= 0.3 is 0 Å². The lowest BCUT2D eigenvalue weighted by atomic mass is 10.1. The highest BCUT2D eigenvalue weighted by atomic mass is 16.3. The predicted molar refractivity (Wildman–Crippen MR) is 111 cm³/mol. The fraction of sp³-hybridized carbons (Fsp3) is 0.273. The summed E-state index contributed by atoms with van der Waals surface area (Å²) < 4.78 is 0. The molecule has 0 aliphatic carbocycles. The van der Waals surface area contributed by atoms with Gasteiger partial charge in [0.15, 0.2) is 0 Å². The minimum Gasteiger partial charge on any atom is -0.387 e. The number of carbonyl (C=O) groups is 1. The third-order valence-electron chi connectivity index (χ3n) is 4.54. The van der Waals surface area contributed by atoms with E-state index in [-0.39, 0.29) is 5.91 Å². The Kier molecular flexibility index (Phi) is 6.94. The first-order valence-corrected chi connectivity index (χ1v) is 9.55. The highest BCUT2D eigenvalue weighted by Crippen LogP contribution is 2.19. The molecule has 6 nitrogen and oxygen atoms in total. The fourth-order valence-electron chi connectivity index (χ4n) is 3.02. The smallest absolute Gasteiger partial charge is 0.242 e. The quantitative estimate of drug-likeness (QED) is 0.459. The van der Waals surface area contributed by atoms with Crippen molar-refractivity contribution in [3.05, 3.63) is 72.3 Å². The van der Waals surface area contributed by atoms with Crippen molar-refractivity contribution in [2.45, 2.75) is 31.9 Å². The van der Waals surface area contributed by atoms with Crippen LogP contribution >= 0.6 is 0 Å². The Morgan fingerprint density at radius 1 is 1.11 bits per heavy atom. The average Bonchev–Trinajstić information content (AvgIpc) is 3.20. The number of aliphatic hydroxyl groups excluding tert-OH is 1. The van der Waals surface area contributed by atoms with Crippen LogP contribution in [0.15, 0.2) is 66.7 Å². The van der Waals surface area contributed by atoms with E-state index < -0.39 is 12.1 Å². The molecule has 0 aliphatic heterocycles. The molecule has 4 N–H and O–H groups in total. The summed E-state index contributed by atoms with van der Waals surface area (Å²) in [5.41, 5.74) is 2.58. The summed E-state index contributed by atoms with van der Waals surface area (Å²) in [4.78, 5) is 12.7. The molecule has 0 saturated heterocycles. The lowest BCUT2D eigenvalue weighted by Gasteiger charge is -2.19. The molecule has 6 heteroatoms. The highest BCUT2D eigenvalue weighted by molar-refractivity contribution is 5.94. The molecule has 28 heavy (non-hydrogen) atoms. The number of benzene rings is 2. The van der Waals surface area contributed by atoms with Crippen molar-refractivity contribution in [2.24, 2.45) is 0 Å². The first-order valence-electron chi connectivity index (χ1n) is 9.55. The van der Waals surface area contributed by atoms with E-state index >= 15 is 0 Å². The van der Waals surface area contributed by atoms with Crippen molar-refractivity contribution < 1.29 is 9.90 Å². The van der Waals surface area contributed by atoms with E-state index in [1.54, 1.807) is 0 Å². The van der Waals surface area contributed by atoms with Gasteiger partial charge in [-0.25, -0.2) is 0 Å². The molecule has 0 spiro atoms. The van der Waals surface area contributed by atoms with Gasteiger partial charge in [-0.2, -0.15) is 5.10 Å². The number of H-pyrrole nitrogens is 1. The fourth-order valence-corrected chi connectivity index (χ4v) is 3.02. The summed E-state index contributed by atoms with van der Waals surface area (Å²) in [6.07, 6.45) is 0.864. The van der Waals surface area contributed by atoms with Gasteiger partial charge in [-0.1, -0.05) is 74.0 Å². The zero-order valence-electron chi connectivity index (χ0n) is 15.9. The van der Waals surface area contributed by atoms with Crippen molar-refractivity contribution in [2.75, 3.05) is 11.9 Å². The Labute approximate surface area is 165 Å². The number of hydrogen-bond acceptors (Lipinski definition) is 4. The lowest BCUT2D eigenvalue weighted by molar-refractivity contribution is -0.118. The SMILES string of the molecule is CCC[C@H](NCC(O)c1ccccc1)C(=O)Nc1cc(-c2ccccc2)n[nH]1. The molecule has 0 fully saturated rings. The van der Waals surface area contributed by atoms with E-state index in [1.807, 2.05) is 73.7 Å². The minimum atomic E-state index is -0.662. The Balaban J connectivity index is 1.59. The molecule has 0 aliphatic rings. The van der Waals surface area contributed by atoms with Crippen molar-refractivity contribution in [3.63, 3.8) is 0 Å². The molecular weight excluding hydrogens is 352 g/mol. The zero-order chi connectivity index (χ0) is 19.8. The summed E-state index contributed by atoms with van der Waals surface area (Å²) >= 11 is 0. The maximum atomic E-state index is 12.7. The van der Waals surface area contributed by atoms with Gasteiger partial charge in [0.05, 0.1) is 17.8 Å².